The molecule has 1 aromatic rings. The standard InChI is InChI=1S/C9H13P/c1-8-6-4-5-7-9(8)10(2)3/h4-7H,1-3H3. The zero-order valence-electron chi connectivity index (χ0n) is 6.76. The van der Waals surface area contributed by atoms with Gasteiger partial charge in [0.15, 0.2) is 0 Å². The second-order valence-corrected chi connectivity index (χ2v) is 4.95. The molecule has 0 N–H and O–H groups in total. The van der Waals surface area contributed by atoms with E-state index >= 15 is 0 Å². The Morgan fingerprint density at radius 1 is 1.10 bits per heavy atom. The molecule has 10 heavy (non-hydrogen) atoms. The van der Waals surface area contributed by atoms with Crippen molar-refractivity contribution in [3.8, 4) is 0 Å². The highest BCUT2D eigenvalue weighted by Crippen LogP contribution is 2.24. The Hall–Kier alpha value is -0.350. The minimum absolute atomic E-state index is 0.0836. The first-order valence-electron chi connectivity index (χ1n) is 3.45. The van der Waals surface area contributed by atoms with E-state index < -0.39 is 0 Å². The number of rotatable bonds is 1. The highest BCUT2D eigenvalue weighted by Gasteiger charge is 1.98. The van der Waals surface area contributed by atoms with Crippen LogP contribution in [-0.4, -0.2) is 13.3 Å². The summed E-state index contributed by atoms with van der Waals surface area (Å²) in [5.41, 5.74) is 1.43. The topological polar surface area (TPSA) is 0 Å². The fourth-order valence-corrected chi connectivity index (χ4v) is 2.23. The molecule has 0 bridgehead atoms. The molecular formula is C9H13P. The van der Waals surface area contributed by atoms with Crippen LogP contribution in [0.2, 0.25) is 0 Å². The monoisotopic (exact) mass is 152 g/mol. The van der Waals surface area contributed by atoms with Crippen molar-refractivity contribution in [1.82, 2.24) is 0 Å². The van der Waals surface area contributed by atoms with Gasteiger partial charge in [0, 0.05) is 0 Å². The average Bonchev–Trinajstić information content (AvgIpc) is 1.88. The van der Waals surface area contributed by atoms with Crippen LogP contribution in [0.5, 0.6) is 0 Å². The van der Waals surface area contributed by atoms with Gasteiger partial charge >= 0.3 is 0 Å². The highest BCUT2D eigenvalue weighted by molar-refractivity contribution is 7.64. The average molecular weight is 152 g/mol. The molecule has 0 nitrogen and oxygen atoms in total. The molecule has 0 fully saturated rings. The quantitative estimate of drug-likeness (QED) is 0.542. The zero-order chi connectivity index (χ0) is 7.56. The third kappa shape index (κ3) is 1.58. The second-order valence-electron chi connectivity index (χ2n) is 2.68. The molecule has 0 amide bonds. The lowest BCUT2D eigenvalue weighted by Gasteiger charge is -2.07. The first kappa shape index (κ1) is 7.75. The van der Waals surface area contributed by atoms with Crippen LogP contribution in [-0.2, 0) is 0 Å². The van der Waals surface area contributed by atoms with Gasteiger partial charge < -0.3 is 0 Å². The van der Waals surface area contributed by atoms with Crippen LogP contribution in [0.1, 0.15) is 5.56 Å². The van der Waals surface area contributed by atoms with Gasteiger partial charge in [0.25, 0.3) is 0 Å². The van der Waals surface area contributed by atoms with Crippen LogP contribution in [0.4, 0.5) is 0 Å². The summed E-state index contributed by atoms with van der Waals surface area (Å²) in [6, 6.07) is 8.61. The van der Waals surface area contributed by atoms with E-state index in [1.807, 2.05) is 0 Å². The van der Waals surface area contributed by atoms with E-state index in [1.165, 1.54) is 10.9 Å². The van der Waals surface area contributed by atoms with Gasteiger partial charge in [-0.2, -0.15) is 0 Å². The summed E-state index contributed by atoms with van der Waals surface area (Å²) < 4.78 is 0. The summed E-state index contributed by atoms with van der Waals surface area (Å²) in [7, 11) is 0.0836. The number of aryl methyl sites for hydroxylation is 1. The van der Waals surface area contributed by atoms with Crippen molar-refractivity contribution in [3.63, 3.8) is 0 Å². The van der Waals surface area contributed by atoms with Crippen molar-refractivity contribution in [3.05, 3.63) is 29.8 Å². The predicted molar refractivity (Wildman–Crippen MR) is 49.6 cm³/mol. The van der Waals surface area contributed by atoms with Crippen molar-refractivity contribution in [2.75, 3.05) is 13.3 Å². The van der Waals surface area contributed by atoms with Crippen LogP contribution < -0.4 is 5.30 Å². The van der Waals surface area contributed by atoms with Crippen molar-refractivity contribution in [1.29, 1.82) is 0 Å². The van der Waals surface area contributed by atoms with Crippen LogP contribution in [0.15, 0.2) is 24.3 Å². The van der Waals surface area contributed by atoms with E-state index in [0.717, 1.165) is 0 Å². The first-order valence-corrected chi connectivity index (χ1v) is 5.68. The van der Waals surface area contributed by atoms with Crippen molar-refractivity contribution >= 4 is 13.2 Å². The Bertz CT molecular complexity index is 216. The van der Waals surface area contributed by atoms with E-state index in [1.54, 1.807) is 0 Å². The van der Waals surface area contributed by atoms with Crippen molar-refractivity contribution in [2.24, 2.45) is 0 Å². The maximum Gasteiger partial charge on any atom is -0.0217 e. The smallest absolute Gasteiger partial charge is 0.0217 e. The molecule has 0 aliphatic carbocycles. The van der Waals surface area contributed by atoms with E-state index in [9.17, 15) is 0 Å². The molecule has 0 radical (unpaired) electrons. The maximum atomic E-state index is 2.29. The lowest BCUT2D eigenvalue weighted by Crippen LogP contribution is -2.02. The fourth-order valence-electron chi connectivity index (χ4n) is 1.07. The molecule has 1 heteroatoms. The molecule has 1 aromatic carbocycles. The number of hydrogen-bond donors (Lipinski definition) is 0. The molecule has 0 aromatic heterocycles. The van der Waals surface area contributed by atoms with Gasteiger partial charge in [-0.25, -0.2) is 0 Å². The van der Waals surface area contributed by atoms with Crippen LogP contribution in [0, 0.1) is 6.92 Å². The molecule has 0 saturated carbocycles. The minimum Gasteiger partial charge on any atom is -0.0814 e. The van der Waals surface area contributed by atoms with Gasteiger partial charge in [-0.15, -0.1) is 0 Å². The Morgan fingerprint density at radius 2 is 1.70 bits per heavy atom. The van der Waals surface area contributed by atoms with Crippen LogP contribution >= 0.6 is 7.92 Å². The lowest BCUT2D eigenvalue weighted by molar-refractivity contribution is 1.52. The Balaban J connectivity index is 3.03. The Labute approximate surface area is 64.0 Å². The summed E-state index contributed by atoms with van der Waals surface area (Å²) in [4.78, 5) is 0. The molecule has 0 aliphatic heterocycles. The SMILES string of the molecule is Cc1ccccc1P(C)C. The summed E-state index contributed by atoms with van der Waals surface area (Å²) in [6.45, 7) is 6.76. The van der Waals surface area contributed by atoms with Gasteiger partial charge in [0.1, 0.15) is 0 Å². The number of hydrogen-bond acceptors (Lipinski definition) is 0. The van der Waals surface area contributed by atoms with Gasteiger partial charge in [-0.05, 0) is 31.1 Å². The number of benzene rings is 1. The molecule has 0 spiro atoms. The first-order chi connectivity index (χ1) is 4.72. The van der Waals surface area contributed by atoms with E-state index in [0.29, 0.717) is 0 Å². The highest BCUT2D eigenvalue weighted by atomic mass is 31.1. The predicted octanol–water partition coefficient (Wildman–Crippen LogP) is 2.36. The van der Waals surface area contributed by atoms with Crippen LogP contribution in [0.25, 0.3) is 0 Å². The summed E-state index contributed by atoms with van der Waals surface area (Å²) >= 11 is 0. The molecule has 0 heterocycles. The minimum atomic E-state index is 0.0836. The molecule has 0 atom stereocenters. The zero-order valence-corrected chi connectivity index (χ0v) is 7.65. The van der Waals surface area contributed by atoms with E-state index in [-0.39, 0.29) is 7.92 Å². The van der Waals surface area contributed by atoms with E-state index in [4.69, 9.17) is 0 Å². The maximum absolute atomic E-state index is 2.29. The fraction of sp³-hybridized carbons (Fsp3) is 0.333. The van der Waals surface area contributed by atoms with E-state index in [2.05, 4.69) is 44.5 Å². The summed E-state index contributed by atoms with van der Waals surface area (Å²) in [6.07, 6.45) is 0. The summed E-state index contributed by atoms with van der Waals surface area (Å²) in [5.74, 6) is 0. The summed E-state index contributed by atoms with van der Waals surface area (Å²) in [5, 5.41) is 1.53. The van der Waals surface area contributed by atoms with Crippen molar-refractivity contribution < 1.29 is 0 Å². The molecule has 0 unspecified atom stereocenters. The molecule has 54 valence electrons. The van der Waals surface area contributed by atoms with Gasteiger partial charge in [-0.1, -0.05) is 32.2 Å². The molecule has 0 aliphatic rings. The van der Waals surface area contributed by atoms with Crippen LogP contribution in [0.3, 0.4) is 0 Å². The second kappa shape index (κ2) is 3.16. The largest absolute Gasteiger partial charge is 0.0814 e. The van der Waals surface area contributed by atoms with Crippen molar-refractivity contribution in [2.45, 2.75) is 6.92 Å². The van der Waals surface area contributed by atoms with Gasteiger partial charge in [0.2, 0.25) is 0 Å². The van der Waals surface area contributed by atoms with Gasteiger partial charge in [-0.3, -0.25) is 0 Å². The van der Waals surface area contributed by atoms with Gasteiger partial charge in [0.05, 0.1) is 0 Å². The third-order valence-electron chi connectivity index (χ3n) is 1.60. The molecular weight excluding hydrogens is 139 g/mol. The molecule has 0 saturated heterocycles. The normalized spacial score (nSPS) is 10.4. The lowest BCUT2D eigenvalue weighted by atomic mass is 10.2. The Kier molecular flexibility index (Phi) is 2.45. The third-order valence-corrected chi connectivity index (χ3v) is 3.06. The Morgan fingerprint density at radius 3 is 2.10 bits per heavy atom. The molecule has 1 rings (SSSR count).